The van der Waals surface area contributed by atoms with E-state index in [1.807, 2.05) is 30.5 Å². The van der Waals surface area contributed by atoms with E-state index < -0.39 is 5.54 Å². The molecule has 30 heavy (non-hydrogen) atoms. The highest BCUT2D eigenvalue weighted by atomic mass is 19.1. The van der Waals surface area contributed by atoms with Gasteiger partial charge in [0.1, 0.15) is 11.5 Å². The molecule has 0 saturated carbocycles. The van der Waals surface area contributed by atoms with E-state index in [1.165, 1.54) is 19.1 Å². The lowest BCUT2D eigenvalue weighted by Gasteiger charge is -2.30. The highest BCUT2D eigenvalue weighted by Gasteiger charge is 2.29. The van der Waals surface area contributed by atoms with Gasteiger partial charge in [-0.1, -0.05) is 41.6 Å². The Labute approximate surface area is 174 Å². The molecule has 1 aromatic heterocycles. The number of carbonyl (C=O) groups excluding carboxylic acids is 1. The molecular formula is C22H25FN4O3. The molecule has 2 aromatic carbocycles. The summed E-state index contributed by atoms with van der Waals surface area (Å²) < 4.78 is 14.7. The number of halogens is 1. The van der Waals surface area contributed by atoms with Crippen molar-refractivity contribution in [2.24, 2.45) is 0 Å². The van der Waals surface area contributed by atoms with Gasteiger partial charge >= 0.3 is 0 Å². The maximum atomic E-state index is 13.0. The van der Waals surface area contributed by atoms with Gasteiger partial charge in [-0.25, -0.2) is 9.07 Å². The topological polar surface area (TPSA) is 100 Å². The van der Waals surface area contributed by atoms with Gasteiger partial charge in [0.05, 0.1) is 31.5 Å². The first kappa shape index (κ1) is 21.6. The van der Waals surface area contributed by atoms with E-state index in [1.54, 1.807) is 16.8 Å². The number of aryl methyl sites for hydroxylation is 1. The maximum Gasteiger partial charge on any atom is 0.217 e. The second kappa shape index (κ2) is 9.60. The Morgan fingerprint density at radius 2 is 1.70 bits per heavy atom. The number of nitrogens with zero attached hydrogens (tertiary/aromatic N) is 3. The summed E-state index contributed by atoms with van der Waals surface area (Å²) in [6.07, 6.45) is 2.82. The summed E-state index contributed by atoms with van der Waals surface area (Å²) in [4.78, 5) is 11.4. The minimum absolute atomic E-state index is 0.273. The van der Waals surface area contributed by atoms with E-state index in [2.05, 4.69) is 15.6 Å². The second-order valence-electron chi connectivity index (χ2n) is 7.40. The molecule has 7 nitrogen and oxygen atoms in total. The SMILES string of the molecule is CC(=O)NC(CO)(CO)CCc1ccc(-c2cn(Cc3ccc(F)cc3)nn2)cc1. The first-order valence-corrected chi connectivity index (χ1v) is 9.67. The van der Waals surface area contributed by atoms with Gasteiger partial charge in [0.15, 0.2) is 0 Å². The normalized spacial score (nSPS) is 11.5. The van der Waals surface area contributed by atoms with Crippen LogP contribution in [0.3, 0.4) is 0 Å². The summed E-state index contributed by atoms with van der Waals surface area (Å²) in [6, 6.07) is 14.0. The van der Waals surface area contributed by atoms with Crippen molar-refractivity contribution >= 4 is 5.91 Å². The zero-order valence-corrected chi connectivity index (χ0v) is 16.8. The molecule has 0 aliphatic carbocycles. The van der Waals surface area contributed by atoms with Crippen LogP contribution in [0.5, 0.6) is 0 Å². The van der Waals surface area contributed by atoms with Crippen molar-refractivity contribution in [1.29, 1.82) is 0 Å². The number of amides is 1. The number of aromatic nitrogens is 3. The molecule has 0 aliphatic rings. The van der Waals surface area contributed by atoms with Crippen molar-refractivity contribution in [2.75, 3.05) is 13.2 Å². The van der Waals surface area contributed by atoms with Gasteiger partial charge in [0, 0.05) is 12.5 Å². The van der Waals surface area contributed by atoms with Crippen molar-refractivity contribution < 1.29 is 19.4 Å². The van der Waals surface area contributed by atoms with Crippen LogP contribution in [0.1, 0.15) is 24.5 Å². The molecule has 3 rings (SSSR count). The second-order valence-corrected chi connectivity index (χ2v) is 7.40. The van der Waals surface area contributed by atoms with Gasteiger partial charge in [-0.2, -0.15) is 0 Å². The molecular weight excluding hydrogens is 387 g/mol. The number of carbonyl (C=O) groups is 1. The van der Waals surface area contributed by atoms with Crippen LogP contribution < -0.4 is 5.32 Å². The average molecular weight is 412 g/mol. The monoisotopic (exact) mass is 412 g/mol. The summed E-state index contributed by atoms with van der Waals surface area (Å²) >= 11 is 0. The van der Waals surface area contributed by atoms with Crippen molar-refractivity contribution in [3.63, 3.8) is 0 Å². The molecule has 0 spiro atoms. The highest BCUT2D eigenvalue weighted by molar-refractivity contribution is 5.73. The van der Waals surface area contributed by atoms with E-state index in [0.717, 1.165) is 22.4 Å². The number of nitrogens with one attached hydrogen (secondary N) is 1. The van der Waals surface area contributed by atoms with Gasteiger partial charge < -0.3 is 15.5 Å². The zero-order chi connectivity index (χ0) is 21.6. The predicted octanol–water partition coefficient (Wildman–Crippen LogP) is 1.92. The summed E-state index contributed by atoms with van der Waals surface area (Å²) in [5, 5.41) is 30.2. The van der Waals surface area contributed by atoms with Crippen molar-refractivity contribution in [1.82, 2.24) is 20.3 Å². The molecule has 0 unspecified atom stereocenters. The fourth-order valence-corrected chi connectivity index (χ4v) is 3.23. The third-order valence-corrected chi connectivity index (χ3v) is 4.98. The summed E-state index contributed by atoms with van der Waals surface area (Å²) in [5.41, 5.74) is 2.53. The molecule has 1 heterocycles. The van der Waals surface area contributed by atoms with E-state index in [0.29, 0.717) is 19.4 Å². The van der Waals surface area contributed by atoms with Crippen LogP contribution >= 0.6 is 0 Å². The van der Waals surface area contributed by atoms with E-state index in [-0.39, 0.29) is 24.9 Å². The number of rotatable bonds is 9. The van der Waals surface area contributed by atoms with Crippen LogP contribution in [0, 0.1) is 5.82 Å². The third kappa shape index (κ3) is 5.49. The minimum Gasteiger partial charge on any atom is -0.394 e. The largest absolute Gasteiger partial charge is 0.394 e. The molecule has 8 heteroatoms. The standard InChI is InChI=1S/C22H25FN4O3/c1-16(30)24-22(14-28,15-29)11-10-17-2-6-19(7-3-17)21-13-27(26-25-21)12-18-4-8-20(23)9-5-18/h2-9,13,28-29H,10-12,14-15H2,1H3,(H,24,30). The fourth-order valence-electron chi connectivity index (χ4n) is 3.23. The molecule has 0 bridgehead atoms. The van der Waals surface area contributed by atoms with Crippen molar-refractivity contribution in [3.8, 4) is 11.3 Å². The molecule has 0 aliphatic heterocycles. The molecule has 0 radical (unpaired) electrons. The molecule has 0 atom stereocenters. The average Bonchev–Trinajstić information content (AvgIpc) is 3.21. The number of aliphatic hydroxyl groups is 2. The van der Waals surface area contributed by atoms with Gasteiger partial charge in [-0.05, 0) is 36.1 Å². The lowest BCUT2D eigenvalue weighted by atomic mass is 9.92. The first-order valence-electron chi connectivity index (χ1n) is 9.67. The van der Waals surface area contributed by atoms with Crippen LogP contribution in [-0.4, -0.2) is 49.9 Å². The number of benzene rings is 2. The minimum atomic E-state index is -1.03. The van der Waals surface area contributed by atoms with Crippen LogP contribution in [0.15, 0.2) is 54.7 Å². The smallest absolute Gasteiger partial charge is 0.217 e. The van der Waals surface area contributed by atoms with Crippen LogP contribution in [0.2, 0.25) is 0 Å². The van der Waals surface area contributed by atoms with Gasteiger partial charge in [0.25, 0.3) is 0 Å². The Morgan fingerprint density at radius 1 is 1.07 bits per heavy atom. The maximum absolute atomic E-state index is 13.0. The van der Waals surface area contributed by atoms with Gasteiger partial charge in [-0.3, -0.25) is 4.79 Å². The van der Waals surface area contributed by atoms with Crippen molar-refractivity contribution in [3.05, 3.63) is 71.7 Å². The molecule has 3 aromatic rings. The first-order chi connectivity index (χ1) is 14.4. The number of hydrogen-bond donors (Lipinski definition) is 3. The van der Waals surface area contributed by atoms with E-state index in [4.69, 9.17) is 0 Å². The Morgan fingerprint density at radius 3 is 2.30 bits per heavy atom. The van der Waals surface area contributed by atoms with Gasteiger partial charge in [0.2, 0.25) is 5.91 Å². The van der Waals surface area contributed by atoms with E-state index in [9.17, 15) is 19.4 Å². The molecule has 1 amide bonds. The van der Waals surface area contributed by atoms with Crippen LogP contribution in [0.4, 0.5) is 4.39 Å². The van der Waals surface area contributed by atoms with E-state index >= 15 is 0 Å². The Bertz CT molecular complexity index is 967. The lowest BCUT2D eigenvalue weighted by Crippen LogP contribution is -2.53. The number of hydrogen-bond acceptors (Lipinski definition) is 5. The molecule has 0 saturated heterocycles. The highest BCUT2D eigenvalue weighted by Crippen LogP contribution is 2.20. The zero-order valence-electron chi connectivity index (χ0n) is 16.8. The van der Waals surface area contributed by atoms with Gasteiger partial charge in [-0.15, -0.1) is 5.10 Å². The third-order valence-electron chi connectivity index (χ3n) is 4.98. The summed E-state index contributed by atoms with van der Waals surface area (Å²) in [6.45, 7) is 1.19. The Hall–Kier alpha value is -3.10. The fraction of sp³-hybridized carbons (Fsp3) is 0.318. The van der Waals surface area contributed by atoms with Crippen LogP contribution in [-0.2, 0) is 17.8 Å². The quantitative estimate of drug-likeness (QED) is 0.499. The Balaban J connectivity index is 1.63. The Kier molecular flexibility index (Phi) is 6.91. The molecule has 0 fully saturated rings. The summed E-state index contributed by atoms with van der Waals surface area (Å²) in [5.74, 6) is -0.567. The summed E-state index contributed by atoms with van der Waals surface area (Å²) in [7, 11) is 0. The lowest BCUT2D eigenvalue weighted by molar-refractivity contribution is -0.122. The van der Waals surface area contributed by atoms with Crippen LogP contribution in [0.25, 0.3) is 11.3 Å². The predicted molar refractivity (Wildman–Crippen MR) is 110 cm³/mol. The van der Waals surface area contributed by atoms with Crippen molar-refractivity contribution in [2.45, 2.75) is 31.8 Å². The molecule has 158 valence electrons. The number of aliphatic hydroxyl groups excluding tert-OH is 2. The molecule has 3 N–H and O–H groups in total.